The zero-order chi connectivity index (χ0) is 19.6. The molecule has 1 aromatic heterocycles. The SMILES string of the molecule is CS(=O)(=O)c1ccc(-n2nnnc2CN2CCN(c3ccccc3)CC2)cc1. The molecule has 1 saturated heterocycles. The van der Waals surface area contributed by atoms with Gasteiger partial charge in [0.2, 0.25) is 0 Å². The van der Waals surface area contributed by atoms with E-state index in [-0.39, 0.29) is 4.90 Å². The van der Waals surface area contributed by atoms with Crippen molar-refractivity contribution in [2.45, 2.75) is 11.4 Å². The number of nitrogens with zero attached hydrogens (tertiary/aromatic N) is 6. The molecule has 1 fully saturated rings. The topological polar surface area (TPSA) is 84.2 Å². The molecule has 0 radical (unpaired) electrons. The summed E-state index contributed by atoms with van der Waals surface area (Å²) in [4.78, 5) is 4.98. The van der Waals surface area contributed by atoms with Gasteiger partial charge in [-0.15, -0.1) is 5.10 Å². The van der Waals surface area contributed by atoms with Gasteiger partial charge in [0.05, 0.1) is 17.1 Å². The van der Waals surface area contributed by atoms with E-state index in [0.717, 1.165) is 37.7 Å². The molecule has 0 saturated carbocycles. The Balaban J connectivity index is 1.43. The first-order valence-corrected chi connectivity index (χ1v) is 11.0. The number of piperazine rings is 1. The van der Waals surface area contributed by atoms with E-state index in [4.69, 9.17) is 0 Å². The summed E-state index contributed by atoms with van der Waals surface area (Å²) >= 11 is 0. The minimum absolute atomic E-state index is 0.280. The number of rotatable bonds is 5. The fraction of sp³-hybridized carbons (Fsp3) is 0.316. The molecule has 2 aromatic carbocycles. The van der Waals surface area contributed by atoms with Gasteiger partial charge < -0.3 is 4.90 Å². The van der Waals surface area contributed by atoms with E-state index in [9.17, 15) is 8.42 Å². The molecule has 0 aliphatic carbocycles. The maximum Gasteiger partial charge on any atom is 0.175 e. The molecule has 1 aliphatic heterocycles. The van der Waals surface area contributed by atoms with Gasteiger partial charge in [0, 0.05) is 38.1 Å². The second kappa shape index (κ2) is 7.69. The number of sulfone groups is 1. The van der Waals surface area contributed by atoms with Gasteiger partial charge >= 0.3 is 0 Å². The molecule has 0 atom stereocenters. The van der Waals surface area contributed by atoms with Crippen LogP contribution in [0.2, 0.25) is 0 Å². The van der Waals surface area contributed by atoms with Gasteiger partial charge in [-0.2, -0.15) is 4.68 Å². The second-order valence-corrected chi connectivity index (χ2v) is 8.89. The van der Waals surface area contributed by atoms with Gasteiger partial charge in [0.25, 0.3) is 0 Å². The summed E-state index contributed by atoms with van der Waals surface area (Å²) < 4.78 is 24.9. The van der Waals surface area contributed by atoms with Gasteiger partial charge in [-0.05, 0) is 46.8 Å². The van der Waals surface area contributed by atoms with Crippen LogP contribution in [0, 0.1) is 0 Å². The molecule has 2 heterocycles. The third-order valence-corrected chi connectivity index (χ3v) is 6.03. The van der Waals surface area contributed by atoms with Crippen molar-refractivity contribution < 1.29 is 8.42 Å². The van der Waals surface area contributed by atoms with Crippen LogP contribution in [0.4, 0.5) is 5.69 Å². The average Bonchev–Trinajstić information content (AvgIpc) is 3.17. The molecule has 0 spiro atoms. The van der Waals surface area contributed by atoms with E-state index in [2.05, 4.69) is 49.6 Å². The standard InChI is InChI=1S/C19H22N6O2S/c1-28(26,27)18-9-7-17(8-10-18)25-19(20-21-22-25)15-23-11-13-24(14-12-23)16-5-3-2-4-6-16/h2-10H,11-15H2,1H3. The summed E-state index contributed by atoms with van der Waals surface area (Å²) in [6.07, 6.45) is 1.19. The van der Waals surface area contributed by atoms with E-state index >= 15 is 0 Å². The Labute approximate surface area is 164 Å². The van der Waals surface area contributed by atoms with Gasteiger partial charge in [0.15, 0.2) is 15.7 Å². The van der Waals surface area contributed by atoms with E-state index in [0.29, 0.717) is 6.54 Å². The van der Waals surface area contributed by atoms with Crippen molar-refractivity contribution in [3.05, 3.63) is 60.4 Å². The number of anilines is 1. The number of para-hydroxylation sites is 1. The van der Waals surface area contributed by atoms with Crippen LogP contribution in [0.1, 0.15) is 5.82 Å². The van der Waals surface area contributed by atoms with Crippen molar-refractivity contribution in [3.63, 3.8) is 0 Å². The van der Waals surface area contributed by atoms with E-state index in [1.165, 1.54) is 11.9 Å². The number of tetrazole rings is 1. The lowest BCUT2D eigenvalue weighted by atomic mass is 10.2. The molecule has 0 unspecified atom stereocenters. The highest BCUT2D eigenvalue weighted by Crippen LogP contribution is 2.18. The summed E-state index contributed by atoms with van der Waals surface area (Å²) in [6.45, 7) is 4.40. The number of aromatic nitrogens is 4. The summed E-state index contributed by atoms with van der Waals surface area (Å²) in [7, 11) is -3.22. The van der Waals surface area contributed by atoms with Crippen LogP contribution in [0.3, 0.4) is 0 Å². The van der Waals surface area contributed by atoms with Crippen LogP contribution >= 0.6 is 0 Å². The van der Waals surface area contributed by atoms with Gasteiger partial charge in [-0.3, -0.25) is 4.90 Å². The van der Waals surface area contributed by atoms with E-state index in [1.807, 2.05) is 6.07 Å². The lowest BCUT2D eigenvalue weighted by molar-refractivity contribution is 0.242. The molecular formula is C19H22N6O2S. The van der Waals surface area contributed by atoms with Gasteiger partial charge in [-0.1, -0.05) is 18.2 Å². The third-order valence-electron chi connectivity index (χ3n) is 4.90. The summed E-state index contributed by atoms with van der Waals surface area (Å²) in [5.74, 6) is 0.736. The van der Waals surface area contributed by atoms with Crippen LogP contribution in [0.25, 0.3) is 5.69 Å². The van der Waals surface area contributed by atoms with Crippen molar-refractivity contribution >= 4 is 15.5 Å². The highest BCUT2D eigenvalue weighted by atomic mass is 32.2. The highest BCUT2D eigenvalue weighted by Gasteiger charge is 2.20. The molecule has 1 aliphatic rings. The van der Waals surface area contributed by atoms with E-state index in [1.54, 1.807) is 28.9 Å². The summed E-state index contributed by atoms with van der Waals surface area (Å²) in [6, 6.07) is 17.0. The molecule has 3 aromatic rings. The molecule has 0 bridgehead atoms. The van der Waals surface area contributed by atoms with Crippen molar-refractivity contribution in [1.29, 1.82) is 0 Å². The van der Waals surface area contributed by atoms with Gasteiger partial charge in [-0.25, -0.2) is 8.42 Å². The zero-order valence-electron chi connectivity index (χ0n) is 15.6. The molecule has 4 rings (SSSR count). The lowest BCUT2D eigenvalue weighted by Gasteiger charge is -2.35. The maximum absolute atomic E-state index is 11.6. The van der Waals surface area contributed by atoms with Crippen LogP contribution < -0.4 is 4.90 Å². The molecule has 8 nitrogen and oxygen atoms in total. The van der Waals surface area contributed by atoms with Crippen molar-refractivity contribution in [2.24, 2.45) is 0 Å². The Hall–Kier alpha value is -2.78. The van der Waals surface area contributed by atoms with Crippen LogP contribution in [-0.4, -0.2) is 66.0 Å². The molecule has 0 amide bonds. The van der Waals surface area contributed by atoms with Crippen LogP contribution in [0.5, 0.6) is 0 Å². The van der Waals surface area contributed by atoms with Crippen LogP contribution in [-0.2, 0) is 16.4 Å². The largest absolute Gasteiger partial charge is 0.369 e. The number of hydrogen-bond acceptors (Lipinski definition) is 7. The minimum atomic E-state index is -3.22. The quantitative estimate of drug-likeness (QED) is 0.642. The Morgan fingerprint density at radius 2 is 1.57 bits per heavy atom. The molecule has 28 heavy (non-hydrogen) atoms. The first kappa shape index (κ1) is 18.6. The smallest absolute Gasteiger partial charge is 0.175 e. The van der Waals surface area contributed by atoms with Crippen molar-refractivity contribution in [1.82, 2.24) is 25.1 Å². The lowest BCUT2D eigenvalue weighted by Crippen LogP contribution is -2.46. The Morgan fingerprint density at radius 3 is 2.21 bits per heavy atom. The normalized spacial score (nSPS) is 15.7. The summed E-state index contributed by atoms with van der Waals surface area (Å²) in [5, 5.41) is 12.0. The molecule has 146 valence electrons. The highest BCUT2D eigenvalue weighted by molar-refractivity contribution is 7.90. The molecular weight excluding hydrogens is 376 g/mol. The second-order valence-electron chi connectivity index (χ2n) is 6.87. The molecule has 9 heteroatoms. The molecule has 0 N–H and O–H groups in total. The average molecular weight is 398 g/mol. The van der Waals surface area contributed by atoms with E-state index < -0.39 is 9.84 Å². The Kier molecular flexibility index (Phi) is 5.10. The predicted octanol–water partition coefficient (Wildman–Crippen LogP) is 1.39. The Morgan fingerprint density at radius 1 is 0.893 bits per heavy atom. The zero-order valence-corrected chi connectivity index (χ0v) is 16.5. The predicted molar refractivity (Wildman–Crippen MR) is 106 cm³/mol. The Bertz CT molecular complexity index is 1030. The summed E-state index contributed by atoms with van der Waals surface area (Å²) in [5.41, 5.74) is 1.99. The van der Waals surface area contributed by atoms with Crippen LogP contribution in [0.15, 0.2) is 59.5 Å². The third kappa shape index (κ3) is 4.05. The number of benzene rings is 2. The van der Waals surface area contributed by atoms with Gasteiger partial charge in [0.1, 0.15) is 0 Å². The first-order chi connectivity index (χ1) is 13.5. The fourth-order valence-electron chi connectivity index (χ4n) is 3.34. The monoisotopic (exact) mass is 398 g/mol. The fourth-order valence-corrected chi connectivity index (χ4v) is 3.97. The number of hydrogen-bond donors (Lipinski definition) is 0. The van der Waals surface area contributed by atoms with Crippen molar-refractivity contribution in [3.8, 4) is 5.69 Å². The maximum atomic E-state index is 11.6. The minimum Gasteiger partial charge on any atom is -0.369 e. The van der Waals surface area contributed by atoms with Crippen molar-refractivity contribution in [2.75, 3.05) is 37.3 Å². The first-order valence-electron chi connectivity index (χ1n) is 9.11.